The lowest BCUT2D eigenvalue weighted by Gasteiger charge is -2.22. The van der Waals surface area contributed by atoms with Crippen LogP contribution in [0.2, 0.25) is 0 Å². The fourth-order valence-electron chi connectivity index (χ4n) is 2.74. The second kappa shape index (κ2) is 6.60. The lowest BCUT2D eigenvalue weighted by atomic mass is 10.1. The first kappa shape index (κ1) is 16.0. The summed E-state index contributed by atoms with van der Waals surface area (Å²) in [6.07, 6.45) is -0.414. The maximum absolute atomic E-state index is 14.1. The molecule has 21 heavy (non-hydrogen) atoms. The number of β-amino-alcohol motifs (C(OH)–C–C–N with tert-alkyl or cyclic N) is 1. The van der Waals surface area contributed by atoms with Crippen LogP contribution < -0.4 is 9.47 Å². The van der Waals surface area contributed by atoms with Gasteiger partial charge in [0.2, 0.25) is 0 Å². The van der Waals surface area contributed by atoms with Crippen LogP contribution in [-0.4, -0.2) is 68.5 Å². The van der Waals surface area contributed by atoms with Crippen molar-refractivity contribution >= 4 is 0 Å². The number of halogens is 1. The van der Waals surface area contributed by atoms with Gasteiger partial charge in [0.05, 0.1) is 20.3 Å². The molecule has 2 atom stereocenters. The Morgan fingerprint density at radius 3 is 2.38 bits per heavy atom. The Bertz CT molecular complexity index is 496. The summed E-state index contributed by atoms with van der Waals surface area (Å²) in [7, 11) is 6.89. The first-order chi connectivity index (χ1) is 9.96. The maximum atomic E-state index is 14.1. The fourth-order valence-corrected chi connectivity index (χ4v) is 2.74. The molecular weight excluding hydrogens is 275 g/mol. The number of nitrogens with zero attached hydrogens (tertiary/aromatic N) is 2. The van der Waals surface area contributed by atoms with Gasteiger partial charge in [-0.1, -0.05) is 0 Å². The third kappa shape index (κ3) is 3.45. The number of hydrogen-bond acceptors (Lipinski definition) is 5. The average molecular weight is 298 g/mol. The monoisotopic (exact) mass is 298 g/mol. The molecule has 118 valence electrons. The van der Waals surface area contributed by atoms with Gasteiger partial charge in [0.1, 0.15) is 5.82 Å². The van der Waals surface area contributed by atoms with Gasteiger partial charge < -0.3 is 19.5 Å². The fraction of sp³-hybridized carbons (Fsp3) is 0.600. The molecule has 1 fully saturated rings. The number of aliphatic hydroxyl groups excluding tert-OH is 1. The summed E-state index contributed by atoms with van der Waals surface area (Å²) in [5.74, 6) is 0.569. The maximum Gasteiger partial charge on any atom is 0.163 e. The Hall–Kier alpha value is -1.37. The topological polar surface area (TPSA) is 45.2 Å². The zero-order chi connectivity index (χ0) is 15.6. The molecule has 0 radical (unpaired) electrons. The number of methoxy groups -OCH3 is 2. The van der Waals surface area contributed by atoms with Crippen molar-refractivity contribution < 1.29 is 19.0 Å². The summed E-state index contributed by atoms with van der Waals surface area (Å²) in [4.78, 5) is 4.04. The van der Waals surface area contributed by atoms with Crippen molar-refractivity contribution in [2.24, 2.45) is 0 Å². The summed E-state index contributed by atoms with van der Waals surface area (Å²) in [6, 6.07) is 3.07. The van der Waals surface area contributed by atoms with Gasteiger partial charge in [0.15, 0.2) is 11.5 Å². The minimum Gasteiger partial charge on any atom is -0.493 e. The molecule has 1 aliphatic heterocycles. The Labute approximate surface area is 124 Å². The predicted octanol–water partition coefficient (Wildman–Crippen LogP) is 0.950. The molecule has 0 amide bonds. The van der Waals surface area contributed by atoms with Crippen molar-refractivity contribution in [2.75, 3.05) is 41.4 Å². The third-order valence-electron chi connectivity index (χ3n) is 3.94. The highest BCUT2D eigenvalue weighted by Gasteiger charge is 2.33. The quantitative estimate of drug-likeness (QED) is 0.877. The van der Waals surface area contributed by atoms with E-state index in [9.17, 15) is 9.50 Å². The smallest absolute Gasteiger partial charge is 0.163 e. The molecule has 1 heterocycles. The molecule has 0 bridgehead atoms. The first-order valence-electron chi connectivity index (χ1n) is 6.93. The van der Waals surface area contributed by atoms with Gasteiger partial charge in [0, 0.05) is 37.3 Å². The van der Waals surface area contributed by atoms with E-state index in [4.69, 9.17) is 9.47 Å². The number of rotatable bonds is 5. The summed E-state index contributed by atoms with van der Waals surface area (Å²) in [6.45, 7) is 1.69. The SMILES string of the molecule is COc1cc(F)c(CN2C[C@@H](O)[C@H](N(C)C)C2)cc1OC. The molecule has 1 aliphatic rings. The van der Waals surface area contributed by atoms with Crippen LogP contribution in [0.3, 0.4) is 0 Å². The van der Waals surface area contributed by atoms with Crippen molar-refractivity contribution in [3.05, 3.63) is 23.5 Å². The van der Waals surface area contributed by atoms with E-state index < -0.39 is 6.10 Å². The number of hydrogen-bond donors (Lipinski definition) is 1. The van der Waals surface area contributed by atoms with E-state index in [2.05, 4.69) is 0 Å². The largest absolute Gasteiger partial charge is 0.493 e. The van der Waals surface area contributed by atoms with E-state index in [0.29, 0.717) is 36.7 Å². The van der Waals surface area contributed by atoms with Crippen LogP contribution in [0.15, 0.2) is 12.1 Å². The summed E-state index contributed by atoms with van der Waals surface area (Å²) in [5, 5.41) is 10.0. The molecule has 2 rings (SSSR count). The number of ether oxygens (including phenoxy) is 2. The van der Waals surface area contributed by atoms with E-state index in [0.717, 1.165) is 0 Å². The van der Waals surface area contributed by atoms with Crippen LogP contribution in [0.1, 0.15) is 5.56 Å². The van der Waals surface area contributed by atoms with Crippen molar-refractivity contribution in [2.45, 2.75) is 18.7 Å². The molecule has 0 aromatic heterocycles. The van der Waals surface area contributed by atoms with E-state index in [1.54, 1.807) is 6.07 Å². The molecule has 0 saturated carbocycles. The van der Waals surface area contributed by atoms with Gasteiger partial charge in [-0.25, -0.2) is 4.39 Å². The zero-order valence-electron chi connectivity index (χ0n) is 13.0. The van der Waals surface area contributed by atoms with E-state index in [-0.39, 0.29) is 11.9 Å². The van der Waals surface area contributed by atoms with E-state index >= 15 is 0 Å². The highest BCUT2D eigenvalue weighted by atomic mass is 19.1. The van der Waals surface area contributed by atoms with Gasteiger partial charge in [0.25, 0.3) is 0 Å². The van der Waals surface area contributed by atoms with Gasteiger partial charge in [-0.15, -0.1) is 0 Å². The Morgan fingerprint density at radius 2 is 1.86 bits per heavy atom. The van der Waals surface area contributed by atoms with Gasteiger partial charge in [-0.05, 0) is 20.2 Å². The molecule has 0 spiro atoms. The van der Waals surface area contributed by atoms with Crippen LogP contribution in [-0.2, 0) is 6.54 Å². The summed E-state index contributed by atoms with van der Waals surface area (Å²) >= 11 is 0. The summed E-state index contributed by atoms with van der Waals surface area (Å²) in [5.41, 5.74) is 0.541. The Morgan fingerprint density at radius 1 is 1.24 bits per heavy atom. The van der Waals surface area contributed by atoms with Crippen LogP contribution in [0.4, 0.5) is 4.39 Å². The van der Waals surface area contributed by atoms with E-state index in [1.807, 2.05) is 23.9 Å². The number of likely N-dealkylation sites (tertiary alicyclic amines) is 1. The standard InChI is InChI=1S/C15H23FN2O3/c1-17(2)12-8-18(9-13(12)19)7-10-5-14(20-3)15(21-4)6-11(10)16/h5-6,12-13,19H,7-9H2,1-4H3/t12-,13-/m1/s1. The second-order valence-electron chi connectivity index (χ2n) is 5.59. The molecule has 0 unspecified atom stereocenters. The van der Waals surface area contributed by atoms with Crippen molar-refractivity contribution in [1.82, 2.24) is 9.80 Å². The molecule has 0 aliphatic carbocycles. The Kier molecular flexibility index (Phi) is 5.03. The normalized spacial score (nSPS) is 22.8. The highest BCUT2D eigenvalue weighted by molar-refractivity contribution is 5.43. The van der Waals surface area contributed by atoms with E-state index in [1.165, 1.54) is 20.3 Å². The van der Waals surface area contributed by atoms with Crippen LogP contribution in [0.25, 0.3) is 0 Å². The number of benzene rings is 1. The first-order valence-corrected chi connectivity index (χ1v) is 6.93. The molecular formula is C15H23FN2O3. The number of likely N-dealkylation sites (N-methyl/N-ethyl adjacent to an activating group) is 1. The number of aliphatic hydroxyl groups is 1. The minimum atomic E-state index is -0.414. The van der Waals surface area contributed by atoms with Crippen LogP contribution in [0, 0.1) is 5.82 Å². The highest BCUT2D eigenvalue weighted by Crippen LogP contribution is 2.31. The van der Waals surface area contributed by atoms with Crippen molar-refractivity contribution in [3.63, 3.8) is 0 Å². The second-order valence-corrected chi connectivity index (χ2v) is 5.59. The summed E-state index contributed by atoms with van der Waals surface area (Å²) < 4.78 is 24.4. The van der Waals surface area contributed by atoms with Gasteiger partial charge in [-0.2, -0.15) is 0 Å². The van der Waals surface area contributed by atoms with Crippen LogP contribution in [0.5, 0.6) is 11.5 Å². The predicted molar refractivity (Wildman–Crippen MR) is 78.3 cm³/mol. The van der Waals surface area contributed by atoms with Crippen molar-refractivity contribution in [1.29, 1.82) is 0 Å². The third-order valence-corrected chi connectivity index (χ3v) is 3.94. The Balaban J connectivity index is 2.13. The van der Waals surface area contributed by atoms with Gasteiger partial charge >= 0.3 is 0 Å². The lowest BCUT2D eigenvalue weighted by Crippen LogP contribution is -2.37. The average Bonchev–Trinajstić information content (AvgIpc) is 2.81. The zero-order valence-corrected chi connectivity index (χ0v) is 13.0. The molecule has 1 aromatic rings. The molecule has 1 N–H and O–H groups in total. The minimum absolute atomic E-state index is 0.0770. The molecule has 6 heteroatoms. The van der Waals surface area contributed by atoms with Gasteiger partial charge in [-0.3, -0.25) is 4.90 Å². The van der Waals surface area contributed by atoms with Crippen molar-refractivity contribution in [3.8, 4) is 11.5 Å². The van der Waals surface area contributed by atoms with Crippen LogP contribution >= 0.6 is 0 Å². The molecule has 5 nitrogen and oxygen atoms in total. The lowest BCUT2D eigenvalue weighted by molar-refractivity contribution is 0.112. The molecule has 1 aromatic carbocycles. The molecule has 1 saturated heterocycles.